The molecule has 0 aliphatic rings. The van der Waals surface area contributed by atoms with Crippen molar-refractivity contribution in [1.82, 2.24) is 9.55 Å². The first-order valence-corrected chi connectivity index (χ1v) is 4.87. The van der Waals surface area contributed by atoms with Crippen molar-refractivity contribution < 1.29 is 8.78 Å². The average Bonchev–Trinajstić information content (AvgIpc) is 2.59. The summed E-state index contributed by atoms with van der Waals surface area (Å²) >= 11 is 0. The van der Waals surface area contributed by atoms with Crippen LogP contribution in [0.1, 0.15) is 5.56 Å². The number of rotatable bonds is 3. The molecule has 0 fully saturated rings. The van der Waals surface area contributed by atoms with Crippen LogP contribution in [0.4, 0.5) is 14.7 Å². The van der Waals surface area contributed by atoms with Crippen LogP contribution in [0, 0.1) is 11.6 Å². The van der Waals surface area contributed by atoms with E-state index in [-0.39, 0.29) is 0 Å². The number of benzene rings is 1. The van der Waals surface area contributed by atoms with E-state index in [4.69, 9.17) is 5.73 Å². The molecule has 0 radical (unpaired) electrons. The Hall–Kier alpha value is -1.91. The van der Waals surface area contributed by atoms with Crippen LogP contribution in [-0.2, 0) is 13.0 Å². The molecule has 84 valence electrons. The molecule has 0 unspecified atom stereocenters. The summed E-state index contributed by atoms with van der Waals surface area (Å²) in [5, 5.41) is 0. The summed E-state index contributed by atoms with van der Waals surface area (Å²) in [7, 11) is 0. The molecule has 1 aromatic carbocycles. The second-order valence-electron chi connectivity index (χ2n) is 3.51. The first kappa shape index (κ1) is 10.6. The fourth-order valence-corrected chi connectivity index (χ4v) is 1.53. The Morgan fingerprint density at radius 3 is 2.44 bits per heavy atom. The van der Waals surface area contributed by atoms with Crippen molar-refractivity contribution in [2.24, 2.45) is 0 Å². The number of nitrogen functional groups attached to an aromatic ring is 1. The van der Waals surface area contributed by atoms with Gasteiger partial charge in [-0.05, 0) is 24.1 Å². The molecule has 0 saturated heterocycles. The molecule has 2 aromatic rings. The van der Waals surface area contributed by atoms with Crippen LogP contribution in [0.5, 0.6) is 0 Å². The highest BCUT2D eigenvalue weighted by Crippen LogP contribution is 2.10. The fourth-order valence-electron chi connectivity index (χ4n) is 1.53. The molecule has 0 amide bonds. The summed E-state index contributed by atoms with van der Waals surface area (Å²) in [6, 6.07) is 3.49. The van der Waals surface area contributed by atoms with Crippen LogP contribution in [0.25, 0.3) is 0 Å². The van der Waals surface area contributed by atoms with Gasteiger partial charge in [-0.15, -0.1) is 0 Å². The molecule has 0 atom stereocenters. The Morgan fingerprint density at radius 2 is 1.88 bits per heavy atom. The maximum Gasteiger partial charge on any atom is 0.200 e. The van der Waals surface area contributed by atoms with Crippen molar-refractivity contribution in [3.8, 4) is 0 Å². The first-order chi connectivity index (χ1) is 7.65. The zero-order valence-electron chi connectivity index (χ0n) is 8.53. The minimum atomic E-state index is -0.561. The second-order valence-corrected chi connectivity index (χ2v) is 3.51. The predicted molar refractivity (Wildman–Crippen MR) is 56.7 cm³/mol. The Balaban J connectivity index is 2.07. The maximum atomic E-state index is 12.9. The lowest BCUT2D eigenvalue weighted by molar-refractivity contribution is 0.577. The molecule has 0 spiro atoms. The molecule has 0 bridgehead atoms. The van der Waals surface area contributed by atoms with Crippen LogP contribution >= 0.6 is 0 Å². The van der Waals surface area contributed by atoms with Crippen molar-refractivity contribution in [1.29, 1.82) is 0 Å². The van der Waals surface area contributed by atoms with Crippen molar-refractivity contribution in [3.63, 3.8) is 0 Å². The maximum absolute atomic E-state index is 12.9. The number of halogens is 2. The summed E-state index contributed by atoms with van der Waals surface area (Å²) in [5.74, 6) is -0.723. The third-order valence-corrected chi connectivity index (χ3v) is 2.31. The highest BCUT2D eigenvalue weighted by molar-refractivity contribution is 5.20. The quantitative estimate of drug-likeness (QED) is 0.864. The van der Waals surface area contributed by atoms with Crippen LogP contribution in [0.15, 0.2) is 30.6 Å². The SMILES string of the molecule is Nc1nccn1CCc1cc(F)cc(F)c1. The molecule has 3 nitrogen and oxygen atoms in total. The van der Waals surface area contributed by atoms with E-state index in [1.165, 1.54) is 12.1 Å². The Labute approximate surface area is 91.5 Å². The molecule has 2 N–H and O–H groups in total. The number of imidazole rings is 1. The molecule has 0 aliphatic heterocycles. The van der Waals surface area contributed by atoms with Gasteiger partial charge in [-0.2, -0.15) is 0 Å². The molecule has 16 heavy (non-hydrogen) atoms. The highest BCUT2D eigenvalue weighted by Gasteiger charge is 2.02. The molecule has 2 rings (SSSR count). The lowest BCUT2D eigenvalue weighted by Crippen LogP contribution is -2.05. The van der Waals surface area contributed by atoms with Gasteiger partial charge in [-0.25, -0.2) is 13.8 Å². The second kappa shape index (κ2) is 4.30. The summed E-state index contributed by atoms with van der Waals surface area (Å²) < 4.78 is 27.5. The largest absolute Gasteiger partial charge is 0.369 e. The average molecular weight is 223 g/mol. The fraction of sp³-hybridized carbons (Fsp3) is 0.182. The third kappa shape index (κ3) is 2.36. The Kier molecular flexibility index (Phi) is 2.85. The van der Waals surface area contributed by atoms with Crippen molar-refractivity contribution in [2.75, 3.05) is 5.73 Å². The van der Waals surface area contributed by atoms with Gasteiger partial charge in [0.25, 0.3) is 0 Å². The normalized spacial score (nSPS) is 10.6. The van der Waals surface area contributed by atoms with E-state index in [0.29, 0.717) is 24.5 Å². The lowest BCUT2D eigenvalue weighted by atomic mass is 10.1. The number of anilines is 1. The number of nitrogens with zero attached hydrogens (tertiary/aromatic N) is 2. The first-order valence-electron chi connectivity index (χ1n) is 4.87. The minimum Gasteiger partial charge on any atom is -0.369 e. The van der Waals surface area contributed by atoms with Gasteiger partial charge in [0.05, 0.1) is 0 Å². The summed E-state index contributed by atoms with van der Waals surface area (Å²) in [6.07, 6.45) is 3.82. The van der Waals surface area contributed by atoms with Crippen LogP contribution < -0.4 is 5.73 Å². The number of nitrogens with two attached hydrogens (primary N) is 1. The van der Waals surface area contributed by atoms with Crippen LogP contribution in [0.3, 0.4) is 0 Å². The van der Waals surface area contributed by atoms with Crippen molar-refractivity contribution in [3.05, 3.63) is 47.8 Å². The molecular formula is C11H11F2N3. The summed E-state index contributed by atoms with van der Waals surface area (Å²) in [5.41, 5.74) is 6.17. The molecule has 1 heterocycles. The zero-order valence-corrected chi connectivity index (χ0v) is 8.53. The topological polar surface area (TPSA) is 43.8 Å². The van der Waals surface area contributed by atoms with Crippen LogP contribution in [-0.4, -0.2) is 9.55 Å². The number of hydrogen-bond acceptors (Lipinski definition) is 2. The van der Waals surface area contributed by atoms with Gasteiger partial charge in [-0.3, -0.25) is 0 Å². The van der Waals surface area contributed by atoms with Gasteiger partial charge in [0.2, 0.25) is 0 Å². The van der Waals surface area contributed by atoms with E-state index in [0.717, 1.165) is 6.07 Å². The van der Waals surface area contributed by atoms with E-state index in [1.807, 2.05) is 0 Å². The smallest absolute Gasteiger partial charge is 0.200 e. The van der Waals surface area contributed by atoms with Gasteiger partial charge >= 0.3 is 0 Å². The number of hydrogen-bond donors (Lipinski definition) is 1. The lowest BCUT2D eigenvalue weighted by Gasteiger charge is -2.05. The monoisotopic (exact) mass is 223 g/mol. The molecule has 0 saturated carbocycles. The molecule has 1 aromatic heterocycles. The summed E-state index contributed by atoms with van der Waals surface area (Å²) in [6.45, 7) is 0.550. The molecular weight excluding hydrogens is 212 g/mol. The van der Waals surface area contributed by atoms with Gasteiger partial charge in [-0.1, -0.05) is 0 Å². The Morgan fingerprint density at radius 1 is 1.19 bits per heavy atom. The Bertz CT molecular complexity index is 473. The third-order valence-electron chi connectivity index (χ3n) is 2.31. The van der Waals surface area contributed by atoms with E-state index in [2.05, 4.69) is 4.98 Å². The predicted octanol–water partition coefficient (Wildman–Crippen LogP) is 1.99. The highest BCUT2D eigenvalue weighted by atomic mass is 19.1. The number of aryl methyl sites for hydroxylation is 2. The van der Waals surface area contributed by atoms with Crippen LogP contribution in [0.2, 0.25) is 0 Å². The van der Waals surface area contributed by atoms with Gasteiger partial charge in [0.15, 0.2) is 5.95 Å². The van der Waals surface area contributed by atoms with Gasteiger partial charge in [0, 0.05) is 25.0 Å². The summed E-state index contributed by atoms with van der Waals surface area (Å²) in [4.78, 5) is 3.86. The van der Waals surface area contributed by atoms with Crippen molar-refractivity contribution >= 4 is 5.95 Å². The van der Waals surface area contributed by atoms with E-state index in [1.54, 1.807) is 17.0 Å². The van der Waals surface area contributed by atoms with E-state index < -0.39 is 11.6 Å². The van der Waals surface area contributed by atoms with E-state index in [9.17, 15) is 8.78 Å². The molecule has 0 aliphatic carbocycles. The van der Waals surface area contributed by atoms with Gasteiger partial charge in [0.1, 0.15) is 11.6 Å². The van der Waals surface area contributed by atoms with Crippen molar-refractivity contribution in [2.45, 2.75) is 13.0 Å². The van der Waals surface area contributed by atoms with E-state index >= 15 is 0 Å². The minimum absolute atomic E-state index is 0.400. The van der Waals surface area contributed by atoms with Gasteiger partial charge < -0.3 is 10.3 Å². The molecule has 5 heteroatoms. The number of aromatic nitrogens is 2. The zero-order chi connectivity index (χ0) is 11.5. The standard InChI is InChI=1S/C11H11F2N3/c12-9-5-8(6-10(13)7-9)1-3-16-4-2-15-11(16)14/h2,4-7H,1,3H2,(H2,14,15).